The van der Waals surface area contributed by atoms with Crippen molar-refractivity contribution in [2.24, 2.45) is 0 Å². The van der Waals surface area contributed by atoms with Gasteiger partial charge in [-0.05, 0) is 44.0 Å². The maximum atomic E-state index is 12.7. The lowest BCUT2D eigenvalue weighted by Gasteiger charge is -2.31. The van der Waals surface area contributed by atoms with Crippen LogP contribution < -0.4 is 10.6 Å². The third kappa shape index (κ3) is 4.43. The first-order valence-electron chi connectivity index (χ1n) is 9.59. The fourth-order valence-corrected chi connectivity index (χ4v) is 3.78. The van der Waals surface area contributed by atoms with Crippen molar-refractivity contribution in [3.05, 3.63) is 29.8 Å². The van der Waals surface area contributed by atoms with Gasteiger partial charge in [0, 0.05) is 30.9 Å². The highest BCUT2D eigenvalue weighted by Gasteiger charge is 2.28. The first-order valence-corrected chi connectivity index (χ1v) is 9.59. The summed E-state index contributed by atoms with van der Waals surface area (Å²) in [5, 5.41) is 6.07. The van der Waals surface area contributed by atoms with Gasteiger partial charge in [0.1, 0.15) is 6.04 Å². The second kappa shape index (κ2) is 8.64. The summed E-state index contributed by atoms with van der Waals surface area (Å²) in [5.74, 6) is -0.0682. The van der Waals surface area contributed by atoms with Crippen LogP contribution in [0.5, 0.6) is 0 Å². The van der Waals surface area contributed by atoms with Gasteiger partial charge in [-0.2, -0.15) is 0 Å². The Balaban J connectivity index is 1.59. The van der Waals surface area contributed by atoms with Crippen molar-refractivity contribution < 1.29 is 14.3 Å². The van der Waals surface area contributed by atoms with E-state index in [0.717, 1.165) is 12.8 Å². The molecule has 0 spiro atoms. The number of hydrogen-bond donors (Lipinski definition) is 2. The molecule has 1 aliphatic carbocycles. The second-order valence-corrected chi connectivity index (χ2v) is 7.28. The Labute approximate surface area is 155 Å². The van der Waals surface area contributed by atoms with Crippen molar-refractivity contribution in [2.75, 3.05) is 25.5 Å². The zero-order valence-electron chi connectivity index (χ0n) is 15.7. The highest BCUT2D eigenvalue weighted by molar-refractivity contribution is 5.97. The Hall–Kier alpha value is -1.92. The van der Waals surface area contributed by atoms with Gasteiger partial charge in [0.15, 0.2) is 0 Å². The van der Waals surface area contributed by atoms with E-state index in [9.17, 15) is 9.59 Å². The normalized spacial score (nSPS) is 24.1. The lowest BCUT2D eigenvalue weighted by molar-refractivity contribution is -0.123. The summed E-state index contributed by atoms with van der Waals surface area (Å²) in [7, 11) is 1.89. The van der Waals surface area contributed by atoms with Crippen LogP contribution in [0.3, 0.4) is 0 Å². The number of amides is 2. The predicted octanol–water partition coefficient (Wildman–Crippen LogP) is 2.41. The number of nitrogens with zero attached hydrogens (tertiary/aromatic N) is 1. The molecule has 142 valence electrons. The highest BCUT2D eigenvalue weighted by atomic mass is 16.5. The molecule has 6 heteroatoms. The largest absolute Gasteiger partial charge is 0.375 e. The predicted molar refractivity (Wildman–Crippen MR) is 101 cm³/mol. The van der Waals surface area contributed by atoms with Crippen molar-refractivity contribution in [3.8, 4) is 0 Å². The molecule has 0 bridgehead atoms. The number of nitrogens with one attached hydrogen (secondary N) is 2. The molecule has 6 nitrogen and oxygen atoms in total. The first kappa shape index (κ1) is 18.9. The lowest BCUT2D eigenvalue weighted by Crippen LogP contribution is -2.53. The molecule has 2 aliphatic rings. The highest BCUT2D eigenvalue weighted by Crippen LogP contribution is 2.23. The summed E-state index contributed by atoms with van der Waals surface area (Å²) in [6.07, 6.45) is 5.69. The standard InChI is InChI=1S/C20H29N3O3/c1-14-18(21-12-13-26-14)19(24)22-16-10-8-15(9-11-16)20(25)23(2)17-6-4-3-5-7-17/h8-11,14,17-18,21H,3-7,12-13H2,1-2H3,(H,22,24)/t14-,18+/m1/s1. The molecule has 1 aromatic rings. The molecule has 1 aliphatic heterocycles. The van der Waals surface area contributed by atoms with Crippen molar-refractivity contribution >= 4 is 17.5 Å². The number of carbonyl (C=O) groups is 2. The Morgan fingerprint density at radius 1 is 1.15 bits per heavy atom. The van der Waals surface area contributed by atoms with Gasteiger partial charge in [0.05, 0.1) is 12.7 Å². The van der Waals surface area contributed by atoms with Crippen molar-refractivity contribution in [2.45, 2.75) is 57.2 Å². The molecule has 2 fully saturated rings. The number of benzene rings is 1. The second-order valence-electron chi connectivity index (χ2n) is 7.28. The summed E-state index contributed by atoms with van der Waals surface area (Å²) in [4.78, 5) is 26.9. The molecule has 2 atom stereocenters. The first-order chi connectivity index (χ1) is 12.6. The minimum atomic E-state index is -0.359. The summed E-state index contributed by atoms with van der Waals surface area (Å²) < 4.78 is 5.51. The Kier molecular flexibility index (Phi) is 6.27. The van der Waals surface area contributed by atoms with Gasteiger partial charge in [0.25, 0.3) is 5.91 Å². The fourth-order valence-electron chi connectivity index (χ4n) is 3.78. The van der Waals surface area contributed by atoms with Crippen LogP contribution in [0.2, 0.25) is 0 Å². The smallest absolute Gasteiger partial charge is 0.253 e. The Bertz CT molecular complexity index is 626. The van der Waals surface area contributed by atoms with Crippen LogP contribution in [-0.4, -0.2) is 55.1 Å². The molecule has 2 amide bonds. The maximum Gasteiger partial charge on any atom is 0.253 e. The third-order valence-corrected chi connectivity index (χ3v) is 5.44. The van der Waals surface area contributed by atoms with Crippen LogP contribution >= 0.6 is 0 Å². The summed E-state index contributed by atoms with van der Waals surface area (Å²) in [6.45, 7) is 3.18. The number of morpholine rings is 1. The van der Waals surface area contributed by atoms with Crippen molar-refractivity contribution in [3.63, 3.8) is 0 Å². The van der Waals surface area contributed by atoms with Gasteiger partial charge in [-0.1, -0.05) is 19.3 Å². The zero-order chi connectivity index (χ0) is 18.5. The molecule has 3 rings (SSSR count). The van der Waals surface area contributed by atoms with Gasteiger partial charge in [-0.15, -0.1) is 0 Å². The number of ether oxygens (including phenoxy) is 1. The van der Waals surface area contributed by atoms with Crippen LogP contribution in [0.1, 0.15) is 49.4 Å². The molecule has 0 radical (unpaired) electrons. The van der Waals surface area contributed by atoms with Gasteiger partial charge in [-0.25, -0.2) is 0 Å². The number of carbonyl (C=O) groups excluding carboxylic acids is 2. The lowest BCUT2D eigenvalue weighted by atomic mass is 9.94. The average molecular weight is 359 g/mol. The molecule has 0 aromatic heterocycles. The van der Waals surface area contributed by atoms with Gasteiger partial charge < -0.3 is 20.3 Å². The monoisotopic (exact) mass is 359 g/mol. The minimum absolute atomic E-state index is 0.0470. The average Bonchev–Trinajstić information content (AvgIpc) is 2.68. The molecular weight excluding hydrogens is 330 g/mol. The van der Waals surface area contributed by atoms with E-state index in [0.29, 0.717) is 30.4 Å². The van der Waals surface area contributed by atoms with Crippen LogP contribution in [0.25, 0.3) is 0 Å². The van der Waals surface area contributed by atoms with Crippen LogP contribution in [0.4, 0.5) is 5.69 Å². The minimum Gasteiger partial charge on any atom is -0.375 e. The SMILES string of the molecule is C[C@H]1OCCN[C@@H]1C(=O)Nc1ccc(C(=O)N(C)C2CCCCC2)cc1. The van der Waals surface area contributed by atoms with Crippen LogP contribution in [0.15, 0.2) is 24.3 Å². The van der Waals surface area contributed by atoms with Crippen LogP contribution in [-0.2, 0) is 9.53 Å². The van der Waals surface area contributed by atoms with E-state index >= 15 is 0 Å². The molecule has 1 saturated carbocycles. The van der Waals surface area contributed by atoms with E-state index in [1.54, 1.807) is 24.3 Å². The van der Waals surface area contributed by atoms with E-state index in [-0.39, 0.29) is 24.0 Å². The van der Waals surface area contributed by atoms with E-state index in [2.05, 4.69) is 10.6 Å². The topological polar surface area (TPSA) is 70.7 Å². The third-order valence-electron chi connectivity index (χ3n) is 5.44. The van der Waals surface area contributed by atoms with E-state index in [1.807, 2.05) is 18.9 Å². The molecule has 1 aromatic carbocycles. The number of rotatable bonds is 4. The van der Waals surface area contributed by atoms with Crippen LogP contribution in [0, 0.1) is 0 Å². The molecule has 1 heterocycles. The van der Waals surface area contributed by atoms with Crippen molar-refractivity contribution in [1.29, 1.82) is 0 Å². The number of anilines is 1. The van der Waals surface area contributed by atoms with Crippen molar-refractivity contribution in [1.82, 2.24) is 10.2 Å². The fraction of sp³-hybridized carbons (Fsp3) is 0.600. The molecule has 1 saturated heterocycles. The zero-order valence-corrected chi connectivity index (χ0v) is 15.7. The Morgan fingerprint density at radius 2 is 1.85 bits per heavy atom. The molecule has 2 N–H and O–H groups in total. The van der Waals surface area contributed by atoms with Gasteiger partial charge >= 0.3 is 0 Å². The van der Waals surface area contributed by atoms with E-state index < -0.39 is 0 Å². The maximum absolute atomic E-state index is 12.7. The summed E-state index contributed by atoms with van der Waals surface area (Å²) >= 11 is 0. The van der Waals surface area contributed by atoms with E-state index in [1.165, 1.54) is 19.3 Å². The quantitative estimate of drug-likeness (QED) is 0.866. The molecule has 26 heavy (non-hydrogen) atoms. The summed E-state index contributed by atoms with van der Waals surface area (Å²) in [6, 6.07) is 7.12. The molecular formula is C20H29N3O3. The molecule has 0 unspecified atom stereocenters. The number of hydrogen-bond acceptors (Lipinski definition) is 4. The van der Waals surface area contributed by atoms with Gasteiger partial charge in [-0.3, -0.25) is 9.59 Å². The summed E-state index contributed by atoms with van der Waals surface area (Å²) in [5.41, 5.74) is 1.34. The van der Waals surface area contributed by atoms with E-state index in [4.69, 9.17) is 4.74 Å². The van der Waals surface area contributed by atoms with Gasteiger partial charge in [0.2, 0.25) is 5.91 Å². The Morgan fingerprint density at radius 3 is 2.50 bits per heavy atom.